The Kier molecular flexibility index (Phi) is 5.04. The van der Waals surface area contributed by atoms with Gasteiger partial charge in [0, 0.05) is 11.3 Å². The Labute approximate surface area is 178 Å². The first-order valence-corrected chi connectivity index (χ1v) is 11.5. The molecule has 1 aliphatic heterocycles. The van der Waals surface area contributed by atoms with E-state index in [1.165, 1.54) is 18.0 Å². The van der Waals surface area contributed by atoms with Crippen LogP contribution in [0.4, 0.5) is 0 Å². The van der Waals surface area contributed by atoms with Crippen molar-refractivity contribution in [2.24, 2.45) is 5.10 Å². The third-order valence-corrected chi connectivity index (χ3v) is 7.00. The van der Waals surface area contributed by atoms with Crippen LogP contribution in [0.15, 0.2) is 72.6 Å². The van der Waals surface area contributed by atoms with Gasteiger partial charge in [-0.1, -0.05) is 23.9 Å². The molecule has 0 aromatic carbocycles. The van der Waals surface area contributed by atoms with E-state index in [1.807, 2.05) is 35.0 Å². The molecule has 5 heterocycles. The minimum atomic E-state index is -0.0993. The Morgan fingerprint density at radius 3 is 2.83 bits per heavy atom. The number of thioether (sulfide) groups is 1. The van der Waals surface area contributed by atoms with Gasteiger partial charge in [0.1, 0.15) is 0 Å². The van der Waals surface area contributed by atoms with E-state index in [0.717, 1.165) is 15.5 Å². The summed E-state index contributed by atoms with van der Waals surface area (Å²) in [6, 6.07) is 11.5. The molecule has 5 rings (SSSR count). The van der Waals surface area contributed by atoms with E-state index >= 15 is 0 Å². The van der Waals surface area contributed by atoms with E-state index in [4.69, 9.17) is 8.83 Å². The Morgan fingerprint density at radius 1 is 1.17 bits per heavy atom. The summed E-state index contributed by atoms with van der Waals surface area (Å²) < 4.78 is 10.8. The highest BCUT2D eigenvalue weighted by atomic mass is 32.2. The summed E-state index contributed by atoms with van der Waals surface area (Å²) >= 11 is 4.46. The van der Waals surface area contributed by atoms with Gasteiger partial charge in [0.15, 0.2) is 5.76 Å². The lowest BCUT2D eigenvalue weighted by Gasteiger charge is -2.20. The molecule has 1 aliphatic rings. The van der Waals surface area contributed by atoms with E-state index in [2.05, 4.69) is 15.3 Å². The summed E-state index contributed by atoms with van der Waals surface area (Å²) in [6.07, 6.45) is 2.25. The topological polar surface area (TPSA) is 84.7 Å². The predicted molar refractivity (Wildman–Crippen MR) is 112 cm³/mol. The molecule has 0 saturated heterocycles. The summed E-state index contributed by atoms with van der Waals surface area (Å²) in [6.45, 7) is 0. The van der Waals surface area contributed by atoms with Crippen LogP contribution in [0.2, 0.25) is 0 Å². The van der Waals surface area contributed by atoms with E-state index < -0.39 is 0 Å². The summed E-state index contributed by atoms with van der Waals surface area (Å²) in [5.41, 5.74) is 0.939. The largest absolute Gasteiger partial charge is 0.459 e. The Hall–Kier alpha value is -2.69. The van der Waals surface area contributed by atoms with Gasteiger partial charge in [0.25, 0.3) is 17.0 Å². The first-order valence-electron chi connectivity index (χ1n) is 8.75. The fourth-order valence-electron chi connectivity index (χ4n) is 2.99. The van der Waals surface area contributed by atoms with Gasteiger partial charge in [-0.2, -0.15) is 5.10 Å². The highest BCUT2D eigenvalue weighted by Gasteiger charge is 2.34. The zero-order chi connectivity index (χ0) is 19.6. The van der Waals surface area contributed by atoms with Crippen molar-refractivity contribution in [2.45, 2.75) is 17.7 Å². The van der Waals surface area contributed by atoms with E-state index in [1.54, 1.807) is 39.8 Å². The van der Waals surface area contributed by atoms with Crippen molar-refractivity contribution < 1.29 is 13.6 Å². The van der Waals surface area contributed by atoms with Crippen LogP contribution in [0.1, 0.15) is 22.2 Å². The SMILES string of the molecule is O=C(CSc1nnc(-c2ccco2)o1)N1N=C(c2cccs2)CC1c1cccs1. The summed E-state index contributed by atoms with van der Waals surface area (Å²) in [4.78, 5) is 15.2. The molecular weight excluding hydrogens is 428 g/mol. The van der Waals surface area contributed by atoms with Gasteiger partial charge in [-0.3, -0.25) is 4.79 Å². The number of rotatable bonds is 6. The zero-order valence-electron chi connectivity index (χ0n) is 14.9. The molecule has 0 fully saturated rings. The normalized spacial score (nSPS) is 16.3. The predicted octanol–water partition coefficient (Wildman–Crippen LogP) is 4.92. The molecule has 146 valence electrons. The maximum Gasteiger partial charge on any atom is 0.284 e. The molecule has 10 heteroatoms. The summed E-state index contributed by atoms with van der Waals surface area (Å²) in [5, 5.41) is 18.5. The maximum atomic E-state index is 13.0. The second-order valence-corrected chi connectivity index (χ2v) is 8.99. The number of aromatic nitrogens is 2. The Bertz CT molecular complexity index is 1120. The average Bonchev–Trinajstić information content (AvgIpc) is 3.56. The van der Waals surface area contributed by atoms with E-state index in [9.17, 15) is 4.79 Å². The van der Waals surface area contributed by atoms with Crippen LogP contribution in [-0.2, 0) is 4.79 Å². The van der Waals surface area contributed by atoms with Gasteiger partial charge in [-0.05, 0) is 35.0 Å². The molecule has 0 saturated carbocycles. The van der Waals surface area contributed by atoms with Crippen LogP contribution in [0, 0.1) is 0 Å². The maximum absolute atomic E-state index is 13.0. The highest BCUT2D eigenvalue weighted by molar-refractivity contribution is 7.99. The number of nitrogens with zero attached hydrogens (tertiary/aromatic N) is 4. The van der Waals surface area contributed by atoms with Crippen molar-refractivity contribution in [1.29, 1.82) is 0 Å². The molecule has 1 unspecified atom stereocenters. The number of hydrazone groups is 1. The first-order chi connectivity index (χ1) is 14.3. The molecule has 0 aliphatic carbocycles. The van der Waals surface area contributed by atoms with E-state index in [0.29, 0.717) is 23.3 Å². The molecule has 1 amide bonds. The number of hydrogen-bond donors (Lipinski definition) is 0. The molecule has 29 heavy (non-hydrogen) atoms. The number of furan rings is 1. The standard InChI is InChI=1S/C19H14N4O3S3/c24-17(11-29-19-21-20-18(26-19)14-4-1-7-25-14)23-13(16-6-3-9-28-16)10-12(22-23)15-5-2-8-27-15/h1-9,13H,10-11H2. The van der Waals surface area contributed by atoms with Gasteiger partial charge in [0.2, 0.25) is 0 Å². The molecule has 4 aromatic rings. The highest BCUT2D eigenvalue weighted by Crippen LogP contribution is 2.36. The van der Waals surface area contributed by atoms with Crippen LogP contribution in [0.5, 0.6) is 0 Å². The van der Waals surface area contributed by atoms with Crippen LogP contribution >= 0.6 is 34.4 Å². The first kappa shape index (κ1) is 18.3. The minimum absolute atomic E-state index is 0.0819. The third kappa shape index (κ3) is 3.78. The third-order valence-electron chi connectivity index (χ3n) is 4.30. The fraction of sp³-hybridized carbons (Fsp3) is 0.158. The lowest BCUT2D eigenvalue weighted by atomic mass is 10.1. The molecule has 4 aromatic heterocycles. The quantitative estimate of drug-likeness (QED) is 0.394. The monoisotopic (exact) mass is 442 g/mol. The smallest absolute Gasteiger partial charge is 0.284 e. The molecule has 0 spiro atoms. The Balaban J connectivity index is 1.31. The second-order valence-electron chi connectivity index (χ2n) is 6.14. The van der Waals surface area contributed by atoms with Gasteiger partial charge in [-0.25, -0.2) is 5.01 Å². The number of amides is 1. The second kappa shape index (κ2) is 7.97. The number of thiophene rings is 2. The number of carbonyl (C=O) groups is 1. The van der Waals surface area contributed by atoms with Crippen molar-refractivity contribution in [3.05, 3.63) is 63.2 Å². The van der Waals surface area contributed by atoms with Gasteiger partial charge < -0.3 is 8.83 Å². The molecule has 0 radical (unpaired) electrons. The van der Waals surface area contributed by atoms with Crippen LogP contribution in [-0.4, -0.2) is 32.6 Å². The van der Waals surface area contributed by atoms with Crippen LogP contribution < -0.4 is 0 Å². The van der Waals surface area contributed by atoms with E-state index in [-0.39, 0.29) is 17.7 Å². The number of carbonyl (C=O) groups excluding carboxylic acids is 1. The average molecular weight is 443 g/mol. The summed E-state index contributed by atoms with van der Waals surface area (Å²) in [5.74, 6) is 0.847. The zero-order valence-corrected chi connectivity index (χ0v) is 17.4. The minimum Gasteiger partial charge on any atom is -0.459 e. The van der Waals surface area contributed by atoms with Crippen molar-refractivity contribution in [2.75, 3.05) is 5.75 Å². The van der Waals surface area contributed by atoms with Gasteiger partial charge in [0.05, 0.1) is 28.6 Å². The van der Waals surface area contributed by atoms with Crippen molar-refractivity contribution in [3.8, 4) is 11.7 Å². The lowest BCUT2D eigenvalue weighted by Crippen LogP contribution is -2.28. The van der Waals surface area contributed by atoms with Gasteiger partial charge >= 0.3 is 0 Å². The van der Waals surface area contributed by atoms with Crippen molar-refractivity contribution >= 4 is 46.1 Å². The molecule has 7 nitrogen and oxygen atoms in total. The summed E-state index contributed by atoms with van der Waals surface area (Å²) in [7, 11) is 0. The van der Waals surface area contributed by atoms with Crippen LogP contribution in [0.25, 0.3) is 11.7 Å². The lowest BCUT2D eigenvalue weighted by molar-refractivity contribution is -0.130. The molecule has 1 atom stereocenters. The van der Waals surface area contributed by atoms with Crippen LogP contribution in [0.3, 0.4) is 0 Å². The van der Waals surface area contributed by atoms with Crippen molar-refractivity contribution in [1.82, 2.24) is 15.2 Å². The van der Waals surface area contributed by atoms with Crippen molar-refractivity contribution in [3.63, 3.8) is 0 Å². The molecule has 0 bridgehead atoms. The van der Waals surface area contributed by atoms with Gasteiger partial charge in [-0.15, -0.1) is 32.9 Å². The number of hydrogen-bond acceptors (Lipinski definition) is 9. The Morgan fingerprint density at radius 2 is 2.07 bits per heavy atom. The molecular formula is C19H14N4O3S3. The molecule has 0 N–H and O–H groups in total. The fourth-order valence-corrected chi connectivity index (χ4v) is 5.14.